The molecule has 1 fully saturated rings. The zero-order chi connectivity index (χ0) is 15.6. The number of nitrogen functional groups attached to an aromatic ring is 1. The van der Waals surface area contributed by atoms with E-state index >= 15 is 0 Å². The molecule has 21 heavy (non-hydrogen) atoms. The lowest BCUT2D eigenvalue weighted by Gasteiger charge is -2.20. The highest BCUT2D eigenvalue weighted by atomic mass is 32.2. The Balaban J connectivity index is 2.19. The SMILES string of the molecule is CCC1OCCC1CNc1cc(N)cc(S(N)(=O)=O)c1C. The molecule has 0 aliphatic carbocycles. The quantitative estimate of drug-likeness (QED) is 0.713. The topological polar surface area (TPSA) is 107 Å². The van der Waals surface area contributed by atoms with E-state index in [4.69, 9.17) is 15.6 Å². The number of rotatable bonds is 5. The molecule has 118 valence electrons. The van der Waals surface area contributed by atoms with E-state index < -0.39 is 10.0 Å². The molecule has 2 atom stereocenters. The van der Waals surface area contributed by atoms with Crippen molar-refractivity contribution < 1.29 is 13.2 Å². The Labute approximate surface area is 125 Å². The van der Waals surface area contributed by atoms with Gasteiger partial charge in [-0.15, -0.1) is 0 Å². The molecule has 6 nitrogen and oxygen atoms in total. The molecule has 7 heteroatoms. The Hall–Kier alpha value is -1.31. The predicted octanol–water partition coefficient (Wildman–Crippen LogP) is 1.45. The minimum absolute atomic E-state index is 0.0692. The van der Waals surface area contributed by atoms with Gasteiger partial charge < -0.3 is 15.8 Å². The van der Waals surface area contributed by atoms with Crippen LogP contribution in [0.1, 0.15) is 25.3 Å². The molecule has 0 bridgehead atoms. The monoisotopic (exact) mass is 313 g/mol. The summed E-state index contributed by atoms with van der Waals surface area (Å²) in [6.45, 7) is 5.34. The van der Waals surface area contributed by atoms with Crippen molar-refractivity contribution in [2.24, 2.45) is 11.1 Å². The maximum atomic E-state index is 11.6. The fourth-order valence-corrected chi connectivity index (χ4v) is 3.64. The highest BCUT2D eigenvalue weighted by Gasteiger charge is 2.26. The normalized spacial score (nSPS) is 22.4. The van der Waals surface area contributed by atoms with E-state index in [1.54, 1.807) is 13.0 Å². The van der Waals surface area contributed by atoms with Gasteiger partial charge in [-0.25, -0.2) is 13.6 Å². The third-order valence-corrected chi connectivity index (χ3v) is 5.03. The van der Waals surface area contributed by atoms with Gasteiger partial charge in [-0.3, -0.25) is 0 Å². The number of primary sulfonamides is 1. The number of hydrogen-bond donors (Lipinski definition) is 3. The second kappa shape index (κ2) is 6.21. The number of hydrogen-bond acceptors (Lipinski definition) is 5. The van der Waals surface area contributed by atoms with E-state index in [-0.39, 0.29) is 11.0 Å². The van der Waals surface area contributed by atoms with E-state index in [1.165, 1.54) is 6.07 Å². The van der Waals surface area contributed by atoms with E-state index in [9.17, 15) is 8.42 Å². The van der Waals surface area contributed by atoms with Gasteiger partial charge in [0.05, 0.1) is 11.0 Å². The first-order valence-electron chi connectivity index (χ1n) is 7.11. The van der Waals surface area contributed by atoms with Crippen LogP contribution < -0.4 is 16.2 Å². The van der Waals surface area contributed by atoms with Crippen molar-refractivity contribution in [3.8, 4) is 0 Å². The number of ether oxygens (including phenoxy) is 1. The van der Waals surface area contributed by atoms with Gasteiger partial charge in [0, 0.05) is 30.4 Å². The summed E-state index contributed by atoms with van der Waals surface area (Å²) < 4.78 is 28.8. The van der Waals surface area contributed by atoms with E-state index in [0.29, 0.717) is 22.9 Å². The van der Waals surface area contributed by atoms with Gasteiger partial charge in [0.2, 0.25) is 10.0 Å². The molecular formula is C14H23N3O3S. The standard InChI is InChI=1S/C14H23N3O3S/c1-3-13-10(4-5-20-13)8-17-12-6-11(15)7-14(9(12)2)21(16,18)19/h6-7,10,13,17H,3-5,8,15H2,1-2H3,(H2,16,18,19). The van der Waals surface area contributed by atoms with Crippen LogP contribution in [0.4, 0.5) is 11.4 Å². The van der Waals surface area contributed by atoms with Crippen LogP contribution in [0, 0.1) is 12.8 Å². The Kier molecular flexibility index (Phi) is 4.75. The van der Waals surface area contributed by atoms with Crippen molar-refractivity contribution >= 4 is 21.4 Å². The molecule has 2 rings (SSSR count). The fraction of sp³-hybridized carbons (Fsp3) is 0.571. The Bertz CT molecular complexity index is 616. The van der Waals surface area contributed by atoms with Gasteiger partial charge in [0.1, 0.15) is 0 Å². The van der Waals surface area contributed by atoms with Crippen molar-refractivity contribution in [2.75, 3.05) is 24.2 Å². The molecular weight excluding hydrogens is 290 g/mol. The summed E-state index contributed by atoms with van der Waals surface area (Å²) >= 11 is 0. The zero-order valence-electron chi connectivity index (χ0n) is 12.4. The van der Waals surface area contributed by atoms with E-state index in [1.807, 2.05) is 0 Å². The molecule has 0 spiro atoms. The molecule has 1 heterocycles. The smallest absolute Gasteiger partial charge is 0.238 e. The van der Waals surface area contributed by atoms with Gasteiger partial charge in [-0.1, -0.05) is 6.92 Å². The third-order valence-electron chi connectivity index (χ3n) is 3.99. The average molecular weight is 313 g/mol. The van der Waals surface area contributed by atoms with Crippen LogP contribution in [0.25, 0.3) is 0 Å². The largest absolute Gasteiger partial charge is 0.399 e. The highest BCUT2D eigenvalue weighted by molar-refractivity contribution is 7.89. The number of benzene rings is 1. The summed E-state index contributed by atoms with van der Waals surface area (Å²) in [5, 5.41) is 8.52. The summed E-state index contributed by atoms with van der Waals surface area (Å²) in [7, 11) is -3.78. The second-order valence-corrected chi connectivity index (χ2v) is 7.01. The number of anilines is 2. The van der Waals surface area contributed by atoms with Crippen molar-refractivity contribution in [1.29, 1.82) is 0 Å². The first-order valence-corrected chi connectivity index (χ1v) is 8.66. The average Bonchev–Trinajstić information content (AvgIpc) is 2.85. The summed E-state index contributed by atoms with van der Waals surface area (Å²) in [6.07, 6.45) is 2.25. The van der Waals surface area contributed by atoms with E-state index in [0.717, 1.165) is 26.0 Å². The minimum Gasteiger partial charge on any atom is -0.399 e. The summed E-state index contributed by atoms with van der Waals surface area (Å²) in [4.78, 5) is 0.0692. The van der Waals surface area contributed by atoms with Crippen molar-refractivity contribution in [2.45, 2.75) is 37.7 Å². The first-order chi connectivity index (χ1) is 9.82. The Morgan fingerprint density at radius 2 is 2.14 bits per heavy atom. The fourth-order valence-electron chi connectivity index (χ4n) is 2.81. The Morgan fingerprint density at radius 3 is 2.76 bits per heavy atom. The molecule has 1 aromatic rings. The summed E-state index contributed by atoms with van der Waals surface area (Å²) in [5.74, 6) is 0.425. The molecule has 0 amide bonds. The highest BCUT2D eigenvalue weighted by Crippen LogP contribution is 2.28. The maximum Gasteiger partial charge on any atom is 0.238 e. The number of sulfonamides is 1. The van der Waals surface area contributed by atoms with Crippen LogP contribution in [0.2, 0.25) is 0 Å². The van der Waals surface area contributed by atoms with Crippen LogP contribution in [0.3, 0.4) is 0 Å². The summed E-state index contributed by atoms with van der Waals surface area (Å²) in [6, 6.07) is 3.13. The van der Waals surface area contributed by atoms with Crippen molar-refractivity contribution in [3.05, 3.63) is 17.7 Å². The van der Waals surface area contributed by atoms with Crippen LogP contribution in [0.5, 0.6) is 0 Å². The molecule has 1 aliphatic rings. The van der Waals surface area contributed by atoms with Gasteiger partial charge >= 0.3 is 0 Å². The number of nitrogens with two attached hydrogens (primary N) is 2. The molecule has 0 radical (unpaired) electrons. The lowest BCUT2D eigenvalue weighted by molar-refractivity contribution is 0.0900. The molecule has 1 aliphatic heterocycles. The maximum absolute atomic E-state index is 11.6. The van der Waals surface area contributed by atoms with E-state index in [2.05, 4.69) is 12.2 Å². The van der Waals surface area contributed by atoms with Crippen LogP contribution in [-0.2, 0) is 14.8 Å². The lowest BCUT2D eigenvalue weighted by Crippen LogP contribution is -2.23. The third kappa shape index (κ3) is 3.66. The zero-order valence-corrected chi connectivity index (χ0v) is 13.2. The molecule has 0 saturated carbocycles. The molecule has 0 aromatic heterocycles. The van der Waals surface area contributed by atoms with Crippen LogP contribution in [-0.4, -0.2) is 27.7 Å². The van der Waals surface area contributed by atoms with Gasteiger partial charge in [-0.2, -0.15) is 0 Å². The van der Waals surface area contributed by atoms with Crippen molar-refractivity contribution in [1.82, 2.24) is 0 Å². The predicted molar refractivity (Wildman–Crippen MR) is 83.6 cm³/mol. The second-order valence-electron chi connectivity index (χ2n) is 5.48. The Morgan fingerprint density at radius 1 is 1.43 bits per heavy atom. The van der Waals surface area contributed by atoms with Gasteiger partial charge in [0.25, 0.3) is 0 Å². The van der Waals surface area contributed by atoms with Crippen LogP contribution in [0.15, 0.2) is 17.0 Å². The molecule has 1 aromatic carbocycles. The number of nitrogens with one attached hydrogen (secondary N) is 1. The van der Waals surface area contributed by atoms with Crippen LogP contribution >= 0.6 is 0 Å². The molecule has 5 N–H and O–H groups in total. The molecule has 2 unspecified atom stereocenters. The lowest BCUT2D eigenvalue weighted by atomic mass is 9.99. The van der Waals surface area contributed by atoms with Gasteiger partial charge in [0.15, 0.2) is 0 Å². The van der Waals surface area contributed by atoms with Gasteiger partial charge in [-0.05, 0) is 37.5 Å². The first kappa shape index (κ1) is 16.1. The summed E-state index contributed by atoms with van der Waals surface area (Å²) in [5.41, 5.74) is 7.46. The van der Waals surface area contributed by atoms with Crippen molar-refractivity contribution in [3.63, 3.8) is 0 Å². The molecule has 1 saturated heterocycles. The minimum atomic E-state index is -3.78.